The first-order valence-electron chi connectivity index (χ1n) is 8.28. The SMILES string of the molecule is N#C/C(=C/c1ccc(O)c(I)c1)C(=O)N1CCN(c2ccccc2)CC1. The molecule has 1 N–H and O–H groups in total. The van der Waals surface area contributed by atoms with Crippen molar-refractivity contribution in [3.8, 4) is 11.8 Å². The van der Waals surface area contributed by atoms with Crippen molar-refractivity contribution in [1.82, 2.24) is 4.90 Å². The number of phenols is 1. The Morgan fingerprint density at radius 1 is 1.12 bits per heavy atom. The van der Waals surface area contributed by atoms with Crippen LogP contribution in [0.15, 0.2) is 54.1 Å². The van der Waals surface area contributed by atoms with Crippen LogP contribution in [0.1, 0.15) is 5.56 Å². The number of nitrogens with zero attached hydrogens (tertiary/aromatic N) is 3. The molecule has 0 unspecified atom stereocenters. The summed E-state index contributed by atoms with van der Waals surface area (Å²) in [5, 5.41) is 19.0. The number of carbonyl (C=O) groups excluding carboxylic acids is 1. The molecule has 1 heterocycles. The lowest BCUT2D eigenvalue weighted by atomic mass is 10.1. The topological polar surface area (TPSA) is 67.6 Å². The fraction of sp³-hybridized carbons (Fsp3) is 0.200. The summed E-state index contributed by atoms with van der Waals surface area (Å²) < 4.78 is 0.678. The van der Waals surface area contributed by atoms with E-state index < -0.39 is 0 Å². The van der Waals surface area contributed by atoms with Crippen molar-refractivity contribution in [3.05, 3.63) is 63.2 Å². The molecule has 0 aromatic heterocycles. The lowest BCUT2D eigenvalue weighted by molar-refractivity contribution is -0.126. The van der Waals surface area contributed by atoms with Crippen LogP contribution in [0, 0.1) is 14.9 Å². The first-order chi connectivity index (χ1) is 12.6. The minimum absolute atomic E-state index is 0.111. The van der Waals surface area contributed by atoms with E-state index in [1.165, 1.54) is 0 Å². The van der Waals surface area contributed by atoms with Gasteiger partial charge in [0.05, 0.1) is 3.57 Å². The van der Waals surface area contributed by atoms with Crippen molar-refractivity contribution in [2.45, 2.75) is 0 Å². The van der Waals surface area contributed by atoms with Gasteiger partial charge in [-0.05, 0) is 58.5 Å². The summed E-state index contributed by atoms with van der Waals surface area (Å²) in [6, 6.07) is 17.1. The summed E-state index contributed by atoms with van der Waals surface area (Å²) in [7, 11) is 0. The van der Waals surface area contributed by atoms with Crippen LogP contribution >= 0.6 is 22.6 Å². The Morgan fingerprint density at radius 3 is 2.42 bits per heavy atom. The molecular weight excluding hydrogens is 441 g/mol. The number of hydrogen-bond donors (Lipinski definition) is 1. The van der Waals surface area contributed by atoms with E-state index in [2.05, 4.69) is 17.0 Å². The molecule has 3 rings (SSSR count). The normalized spacial score (nSPS) is 14.8. The second-order valence-corrected chi connectivity index (χ2v) is 7.16. The van der Waals surface area contributed by atoms with E-state index in [1.54, 1.807) is 29.2 Å². The zero-order valence-electron chi connectivity index (χ0n) is 14.1. The van der Waals surface area contributed by atoms with E-state index in [9.17, 15) is 15.2 Å². The molecule has 2 aromatic carbocycles. The van der Waals surface area contributed by atoms with Crippen molar-refractivity contribution in [3.63, 3.8) is 0 Å². The minimum Gasteiger partial charge on any atom is -0.507 e. The van der Waals surface area contributed by atoms with Crippen LogP contribution in [0.3, 0.4) is 0 Å². The highest BCUT2D eigenvalue weighted by Crippen LogP contribution is 2.22. The minimum atomic E-state index is -0.247. The number of hydrogen-bond acceptors (Lipinski definition) is 4. The van der Waals surface area contributed by atoms with Gasteiger partial charge in [-0.25, -0.2) is 0 Å². The van der Waals surface area contributed by atoms with Crippen molar-refractivity contribution < 1.29 is 9.90 Å². The maximum absolute atomic E-state index is 12.7. The van der Waals surface area contributed by atoms with E-state index in [0.717, 1.165) is 24.3 Å². The standard InChI is InChI=1S/C20H18IN3O2/c21-18-13-15(6-7-19(18)25)12-16(14-22)20(26)24-10-8-23(9-11-24)17-4-2-1-3-5-17/h1-7,12-13,25H,8-11H2/b16-12-. The highest BCUT2D eigenvalue weighted by molar-refractivity contribution is 14.1. The second-order valence-electron chi connectivity index (χ2n) is 6.00. The zero-order valence-corrected chi connectivity index (χ0v) is 16.3. The summed E-state index contributed by atoms with van der Waals surface area (Å²) in [6.07, 6.45) is 1.58. The Labute approximate surface area is 166 Å². The predicted octanol–water partition coefficient (Wildman–Crippen LogP) is 3.25. The Kier molecular flexibility index (Phi) is 5.78. The van der Waals surface area contributed by atoms with Gasteiger partial charge < -0.3 is 14.9 Å². The number of amides is 1. The Hall–Kier alpha value is -2.53. The molecule has 6 heteroatoms. The Morgan fingerprint density at radius 2 is 1.81 bits per heavy atom. The molecule has 0 radical (unpaired) electrons. The number of para-hydroxylation sites is 1. The van der Waals surface area contributed by atoms with Crippen LogP contribution in [0.25, 0.3) is 6.08 Å². The largest absolute Gasteiger partial charge is 0.507 e. The van der Waals surface area contributed by atoms with Crippen molar-refractivity contribution >= 4 is 40.3 Å². The average Bonchev–Trinajstić information content (AvgIpc) is 2.69. The van der Waals surface area contributed by atoms with Gasteiger partial charge in [0.25, 0.3) is 5.91 Å². The van der Waals surface area contributed by atoms with E-state index in [0.29, 0.717) is 16.7 Å². The first kappa shape index (κ1) is 18.3. The molecular formula is C20H18IN3O2. The van der Waals surface area contributed by atoms with Gasteiger partial charge in [0.2, 0.25) is 0 Å². The predicted molar refractivity (Wildman–Crippen MR) is 110 cm³/mol. The quantitative estimate of drug-likeness (QED) is 0.435. The van der Waals surface area contributed by atoms with Crippen molar-refractivity contribution in [1.29, 1.82) is 5.26 Å². The number of nitriles is 1. The molecule has 5 nitrogen and oxygen atoms in total. The molecule has 132 valence electrons. The van der Waals surface area contributed by atoms with E-state index in [-0.39, 0.29) is 17.2 Å². The maximum Gasteiger partial charge on any atom is 0.264 e. The molecule has 1 amide bonds. The van der Waals surface area contributed by atoms with Crippen LogP contribution in [0.4, 0.5) is 5.69 Å². The molecule has 0 saturated carbocycles. The summed E-state index contributed by atoms with van der Waals surface area (Å²) in [6.45, 7) is 2.65. The molecule has 1 aliphatic heterocycles. The fourth-order valence-corrected chi connectivity index (χ4v) is 3.44. The van der Waals surface area contributed by atoms with Gasteiger partial charge in [0.1, 0.15) is 17.4 Å². The Bertz CT molecular complexity index is 866. The molecule has 26 heavy (non-hydrogen) atoms. The molecule has 2 aromatic rings. The van der Waals surface area contributed by atoms with Crippen molar-refractivity contribution in [2.24, 2.45) is 0 Å². The molecule has 1 saturated heterocycles. The van der Waals surface area contributed by atoms with Crippen LogP contribution in [-0.4, -0.2) is 42.1 Å². The van der Waals surface area contributed by atoms with E-state index in [4.69, 9.17) is 0 Å². The number of halogens is 1. The fourth-order valence-electron chi connectivity index (χ4n) is 2.90. The average molecular weight is 459 g/mol. The molecule has 0 bridgehead atoms. The number of carbonyl (C=O) groups is 1. The summed E-state index contributed by atoms with van der Waals surface area (Å²) in [4.78, 5) is 16.7. The molecule has 1 fully saturated rings. The lowest BCUT2D eigenvalue weighted by Gasteiger charge is -2.36. The molecule has 0 aliphatic carbocycles. The number of anilines is 1. The third-order valence-electron chi connectivity index (χ3n) is 4.32. The molecule has 0 spiro atoms. The second kappa shape index (κ2) is 8.23. The highest BCUT2D eigenvalue weighted by atomic mass is 127. The van der Waals surface area contributed by atoms with Gasteiger partial charge in [-0.15, -0.1) is 0 Å². The van der Waals surface area contributed by atoms with Gasteiger partial charge in [0, 0.05) is 31.9 Å². The molecule has 0 atom stereocenters. The van der Waals surface area contributed by atoms with Crippen LogP contribution < -0.4 is 4.90 Å². The molecule has 1 aliphatic rings. The number of rotatable bonds is 3. The number of aromatic hydroxyl groups is 1. The van der Waals surface area contributed by atoms with Gasteiger partial charge in [0.15, 0.2) is 0 Å². The van der Waals surface area contributed by atoms with Gasteiger partial charge in [-0.1, -0.05) is 24.3 Å². The lowest BCUT2D eigenvalue weighted by Crippen LogP contribution is -2.49. The van der Waals surface area contributed by atoms with Gasteiger partial charge >= 0.3 is 0 Å². The Balaban J connectivity index is 1.69. The van der Waals surface area contributed by atoms with Gasteiger partial charge in [-0.2, -0.15) is 5.26 Å². The first-order valence-corrected chi connectivity index (χ1v) is 9.36. The maximum atomic E-state index is 12.7. The zero-order chi connectivity index (χ0) is 18.5. The smallest absolute Gasteiger partial charge is 0.264 e. The number of piperazine rings is 1. The van der Waals surface area contributed by atoms with Crippen molar-refractivity contribution in [2.75, 3.05) is 31.1 Å². The van der Waals surface area contributed by atoms with E-state index >= 15 is 0 Å². The number of phenolic OH excluding ortho intramolecular Hbond substituents is 1. The summed E-state index contributed by atoms with van der Waals surface area (Å²) >= 11 is 2.01. The van der Waals surface area contributed by atoms with E-state index in [1.807, 2.05) is 46.9 Å². The van der Waals surface area contributed by atoms with Crippen LogP contribution in [0.2, 0.25) is 0 Å². The monoisotopic (exact) mass is 459 g/mol. The van der Waals surface area contributed by atoms with Gasteiger partial charge in [-0.3, -0.25) is 4.79 Å². The number of benzene rings is 2. The summed E-state index contributed by atoms with van der Waals surface area (Å²) in [5.41, 5.74) is 1.98. The summed E-state index contributed by atoms with van der Waals surface area (Å²) in [5.74, 6) is -0.0621. The third-order valence-corrected chi connectivity index (χ3v) is 5.19. The highest BCUT2D eigenvalue weighted by Gasteiger charge is 2.23. The van der Waals surface area contributed by atoms with Crippen LogP contribution in [0.5, 0.6) is 5.75 Å². The third kappa shape index (κ3) is 4.17. The van der Waals surface area contributed by atoms with Crippen LogP contribution in [-0.2, 0) is 4.79 Å².